The third kappa shape index (κ3) is 1.46. The number of nitrogens with one attached hydrogen (secondary N) is 1. The van der Waals surface area contributed by atoms with Gasteiger partial charge in [-0.05, 0) is 6.92 Å². The van der Waals surface area contributed by atoms with Gasteiger partial charge >= 0.3 is 0 Å². The molecule has 0 aliphatic carbocycles. The highest BCUT2D eigenvalue weighted by atomic mass is 15.2. The van der Waals surface area contributed by atoms with E-state index in [9.17, 15) is 0 Å². The molecule has 0 saturated carbocycles. The summed E-state index contributed by atoms with van der Waals surface area (Å²) in [7, 11) is 2.01. The minimum Gasteiger partial charge on any atom is -0.385 e. The molecule has 0 bridgehead atoms. The van der Waals surface area contributed by atoms with Gasteiger partial charge < -0.3 is 20.5 Å². The van der Waals surface area contributed by atoms with Crippen molar-refractivity contribution in [1.29, 1.82) is 0 Å². The predicted octanol–water partition coefficient (Wildman–Crippen LogP) is 0.325. The maximum Gasteiger partial charge on any atom is 0.105 e. The second kappa shape index (κ2) is 3.53. The van der Waals surface area contributed by atoms with Crippen LogP contribution in [0.15, 0.2) is 6.07 Å². The van der Waals surface area contributed by atoms with Crippen molar-refractivity contribution in [2.45, 2.75) is 6.92 Å². The van der Waals surface area contributed by atoms with Gasteiger partial charge in [0.1, 0.15) is 5.82 Å². The number of hydrogen-bond donors (Lipinski definition) is 2. The Balaban J connectivity index is 2.26. The Morgan fingerprint density at radius 3 is 2.50 bits per heavy atom. The van der Waals surface area contributed by atoms with Crippen molar-refractivity contribution in [2.75, 3.05) is 36.8 Å². The van der Waals surface area contributed by atoms with Gasteiger partial charge in [-0.3, -0.25) is 0 Å². The van der Waals surface area contributed by atoms with E-state index < -0.39 is 0 Å². The van der Waals surface area contributed by atoms with E-state index in [0.717, 1.165) is 32.0 Å². The van der Waals surface area contributed by atoms with Gasteiger partial charge in [0.2, 0.25) is 0 Å². The molecule has 1 saturated heterocycles. The molecule has 0 unspecified atom stereocenters. The molecule has 0 amide bonds. The molecule has 14 heavy (non-hydrogen) atoms. The molecule has 1 aliphatic rings. The fraction of sp³-hybridized carbons (Fsp3) is 0.600. The lowest BCUT2D eigenvalue weighted by atomic mass is 10.3. The van der Waals surface area contributed by atoms with Crippen LogP contribution in [0.4, 0.5) is 11.5 Å². The van der Waals surface area contributed by atoms with E-state index in [2.05, 4.69) is 23.2 Å². The van der Waals surface area contributed by atoms with Crippen LogP contribution in [-0.4, -0.2) is 30.7 Å². The summed E-state index contributed by atoms with van der Waals surface area (Å²) in [6.45, 7) is 6.39. The summed E-state index contributed by atoms with van der Waals surface area (Å²) in [5, 5.41) is 3.35. The molecule has 0 aromatic carbocycles. The number of nitrogens with zero attached hydrogens (tertiary/aromatic N) is 2. The van der Waals surface area contributed by atoms with Crippen LogP contribution in [0.25, 0.3) is 0 Å². The lowest BCUT2D eigenvalue weighted by Gasteiger charge is -2.29. The second-order valence-corrected chi connectivity index (χ2v) is 3.84. The zero-order valence-electron chi connectivity index (χ0n) is 8.88. The van der Waals surface area contributed by atoms with Gasteiger partial charge in [0.25, 0.3) is 0 Å². The lowest BCUT2D eigenvalue weighted by Crippen LogP contribution is -2.43. The average molecular weight is 194 g/mol. The number of aromatic nitrogens is 1. The van der Waals surface area contributed by atoms with E-state index in [0.29, 0.717) is 0 Å². The van der Waals surface area contributed by atoms with Gasteiger partial charge in [0.05, 0.1) is 5.69 Å². The highest BCUT2D eigenvalue weighted by Crippen LogP contribution is 2.25. The monoisotopic (exact) mass is 194 g/mol. The van der Waals surface area contributed by atoms with Crippen molar-refractivity contribution in [3.8, 4) is 0 Å². The van der Waals surface area contributed by atoms with Crippen LogP contribution in [0.2, 0.25) is 0 Å². The van der Waals surface area contributed by atoms with Crippen LogP contribution in [0.1, 0.15) is 5.69 Å². The van der Waals surface area contributed by atoms with Crippen LogP contribution in [-0.2, 0) is 7.05 Å². The summed E-state index contributed by atoms with van der Waals surface area (Å²) in [6.07, 6.45) is 0. The fourth-order valence-corrected chi connectivity index (χ4v) is 1.93. The summed E-state index contributed by atoms with van der Waals surface area (Å²) in [4.78, 5) is 2.39. The van der Waals surface area contributed by atoms with Crippen molar-refractivity contribution in [3.63, 3.8) is 0 Å². The minimum absolute atomic E-state index is 0.844. The molecular weight excluding hydrogens is 176 g/mol. The molecule has 2 heterocycles. The van der Waals surface area contributed by atoms with E-state index >= 15 is 0 Å². The van der Waals surface area contributed by atoms with E-state index in [1.54, 1.807) is 0 Å². The minimum atomic E-state index is 0.844. The van der Waals surface area contributed by atoms with E-state index in [1.807, 2.05) is 11.6 Å². The van der Waals surface area contributed by atoms with Crippen molar-refractivity contribution in [2.24, 2.45) is 7.05 Å². The van der Waals surface area contributed by atoms with Crippen LogP contribution < -0.4 is 16.0 Å². The Hall–Kier alpha value is -1.16. The van der Waals surface area contributed by atoms with E-state index in [4.69, 9.17) is 5.73 Å². The van der Waals surface area contributed by atoms with Crippen molar-refractivity contribution in [3.05, 3.63) is 11.8 Å². The quantitative estimate of drug-likeness (QED) is 0.677. The first-order chi connectivity index (χ1) is 6.70. The third-order valence-electron chi connectivity index (χ3n) is 3.00. The highest BCUT2D eigenvalue weighted by Gasteiger charge is 2.15. The number of anilines is 2. The molecule has 4 heteroatoms. The van der Waals surface area contributed by atoms with Crippen LogP contribution in [0.5, 0.6) is 0 Å². The van der Waals surface area contributed by atoms with Gasteiger partial charge in [-0.1, -0.05) is 0 Å². The average Bonchev–Trinajstić information content (AvgIpc) is 2.47. The normalized spacial score (nSPS) is 17.4. The molecule has 0 atom stereocenters. The summed E-state index contributed by atoms with van der Waals surface area (Å²) >= 11 is 0. The van der Waals surface area contributed by atoms with Crippen molar-refractivity contribution in [1.82, 2.24) is 9.88 Å². The fourth-order valence-electron chi connectivity index (χ4n) is 1.93. The Morgan fingerprint density at radius 1 is 1.36 bits per heavy atom. The molecule has 0 radical (unpaired) electrons. The largest absolute Gasteiger partial charge is 0.385 e. The lowest BCUT2D eigenvalue weighted by molar-refractivity contribution is 0.588. The Kier molecular flexibility index (Phi) is 2.37. The number of hydrogen-bond acceptors (Lipinski definition) is 3. The van der Waals surface area contributed by atoms with Crippen molar-refractivity contribution >= 4 is 11.5 Å². The molecule has 4 nitrogen and oxygen atoms in total. The highest BCUT2D eigenvalue weighted by molar-refractivity contribution is 5.60. The van der Waals surface area contributed by atoms with Crippen LogP contribution >= 0.6 is 0 Å². The number of nitrogens with two attached hydrogens (primary N) is 1. The molecule has 1 aliphatic heterocycles. The maximum atomic E-state index is 5.87. The molecule has 0 spiro atoms. The Bertz CT molecular complexity index is 323. The van der Waals surface area contributed by atoms with Gasteiger partial charge in [0.15, 0.2) is 0 Å². The van der Waals surface area contributed by atoms with Crippen LogP contribution in [0.3, 0.4) is 0 Å². The first-order valence-corrected chi connectivity index (χ1v) is 5.07. The number of piperazine rings is 1. The van der Waals surface area contributed by atoms with Gasteiger partial charge in [-0.25, -0.2) is 0 Å². The smallest absolute Gasteiger partial charge is 0.105 e. The molecule has 78 valence electrons. The summed E-state index contributed by atoms with van der Waals surface area (Å²) < 4.78 is 2.04. The first-order valence-electron chi connectivity index (χ1n) is 5.07. The maximum absolute atomic E-state index is 5.87. The second-order valence-electron chi connectivity index (χ2n) is 3.84. The van der Waals surface area contributed by atoms with Gasteiger partial charge in [-0.15, -0.1) is 0 Å². The molecule has 1 fully saturated rings. The topological polar surface area (TPSA) is 46.2 Å². The Morgan fingerprint density at radius 2 is 2.00 bits per heavy atom. The van der Waals surface area contributed by atoms with Gasteiger partial charge in [-0.2, -0.15) is 0 Å². The van der Waals surface area contributed by atoms with E-state index in [-0.39, 0.29) is 0 Å². The SMILES string of the molecule is Cc1c(N2CCNCC2)cc(N)n1C. The third-order valence-corrected chi connectivity index (χ3v) is 3.00. The molecule has 1 aromatic heterocycles. The number of rotatable bonds is 1. The standard InChI is InChI=1S/C10H18N4/c1-8-9(7-10(11)13(8)2)14-5-3-12-4-6-14/h7,12H,3-6,11H2,1-2H3. The van der Waals surface area contributed by atoms with Gasteiger partial charge in [0, 0.05) is 45.0 Å². The molecule has 3 N–H and O–H groups in total. The Labute approximate surface area is 84.7 Å². The summed E-state index contributed by atoms with van der Waals surface area (Å²) in [6, 6.07) is 2.07. The first kappa shape index (κ1) is 9.40. The van der Waals surface area contributed by atoms with Crippen LogP contribution in [0, 0.1) is 6.92 Å². The number of nitrogen functional groups attached to an aromatic ring is 1. The van der Waals surface area contributed by atoms with E-state index in [1.165, 1.54) is 11.4 Å². The predicted molar refractivity (Wildman–Crippen MR) is 59.6 cm³/mol. The molecular formula is C10H18N4. The zero-order chi connectivity index (χ0) is 10.1. The van der Waals surface area contributed by atoms with Crippen molar-refractivity contribution < 1.29 is 0 Å². The summed E-state index contributed by atoms with van der Waals surface area (Å²) in [5.74, 6) is 0.844. The molecule has 1 aromatic rings. The zero-order valence-corrected chi connectivity index (χ0v) is 8.88. The summed E-state index contributed by atoms with van der Waals surface area (Å²) in [5.41, 5.74) is 8.41. The molecule has 2 rings (SSSR count).